The minimum Gasteiger partial charge on any atom is -0.300 e. The molecule has 0 fully saturated rings. The molecule has 2 heterocycles. The predicted molar refractivity (Wildman–Crippen MR) is 76.4 cm³/mol. The second kappa shape index (κ2) is 5.67. The van der Waals surface area contributed by atoms with Gasteiger partial charge < -0.3 is 4.57 Å². The number of hydrogen-bond acceptors (Lipinski definition) is 3. The van der Waals surface area contributed by atoms with Crippen molar-refractivity contribution in [2.75, 3.05) is 0 Å². The number of thiophene rings is 1. The highest BCUT2D eigenvalue weighted by Gasteiger charge is 2.07. The molecule has 0 atom stereocenters. The molecular formula is C12H13BrN2O2S. The first-order chi connectivity index (χ1) is 8.61. The average molecular weight is 329 g/mol. The predicted octanol–water partition coefficient (Wildman–Crippen LogP) is 2.29. The van der Waals surface area contributed by atoms with E-state index in [0.717, 1.165) is 15.8 Å². The van der Waals surface area contributed by atoms with Crippen molar-refractivity contribution in [1.82, 2.24) is 9.13 Å². The fourth-order valence-electron chi connectivity index (χ4n) is 1.71. The van der Waals surface area contributed by atoms with Crippen molar-refractivity contribution in [3.63, 3.8) is 0 Å². The van der Waals surface area contributed by atoms with E-state index in [0.29, 0.717) is 13.1 Å². The van der Waals surface area contributed by atoms with Crippen molar-refractivity contribution in [2.24, 2.45) is 0 Å². The lowest BCUT2D eigenvalue weighted by atomic mass is 10.4. The van der Waals surface area contributed by atoms with Crippen LogP contribution < -0.4 is 11.2 Å². The zero-order valence-electron chi connectivity index (χ0n) is 9.93. The first-order valence-electron chi connectivity index (χ1n) is 5.65. The van der Waals surface area contributed by atoms with Gasteiger partial charge in [-0.05, 0) is 28.4 Å². The van der Waals surface area contributed by atoms with Crippen LogP contribution in [-0.4, -0.2) is 9.13 Å². The molecule has 0 saturated carbocycles. The maximum atomic E-state index is 12.1. The summed E-state index contributed by atoms with van der Waals surface area (Å²) in [7, 11) is 0. The lowest BCUT2D eigenvalue weighted by molar-refractivity contribution is 0.573. The zero-order valence-corrected chi connectivity index (χ0v) is 12.3. The molecule has 18 heavy (non-hydrogen) atoms. The van der Waals surface area contributed by atoms with Gasteiger partial charge in [0.05, 0.1) is 6.54 Å². The Morgan fingerprint density at radius 3 is 2.78 bits per heavy atom. The number of nitrogens with zero attached hydrogens (tertiary/aromatic N) is 2. The van der Waals surface area contributed by atoms with Gasteiger partial charge in [-0.15, -0.1) is 11.3 Å². The largest absolute Gasteiger partial charge is 0.331 e. The molecule has 0 aliphatic rings. The summed E-state index contributed by atoms with van der Waals surface area (Å²) in [6, 6.07) is 3.37. The van der Waals surface area contributed by atoms with E-state index >= 15 is 0 Å². The van der Waals surface area contributed by atoms with Crippen LogP contribution >= 0.6 is 27.3 Å². The number of halogens is 1. The van der Waals surface area contributed by atoms with E-state index in [2.05, 4.69) is 15.9 Å². The molecule has 0 amide bonds. The number of aryl methyl sites for hydroxylation is 1. The van der Waals surface area contributed by atoms with E-state index in [9.17, 15) is 9.59 Å². The topological polar surface area (TPSA) is 44.0 Å². The summed E-state index contributed by atoms with van der Waals surface area (Å²) < 4.78 is 3.82. The van der Waals surface area contributed by atoms with Crippen molar-refractivity contribution in [3.8, 4) is 0 Å². The van der Waals surface area contributed by atoms with Crippen LogP contribution in [0.4, 0.5) is 0 Å². The van der Waals surface area contributed by atoms with Gasteiger partial charge in [0, 0.05) is 33.5 Å². The average Bonchev–Trinajstić information content (AvgIpc) is 2.74. The summed E-state index contributed by atoms with van der Waals surface area (Å²) in [6.07, 6.45) is 2.43. The van der Waals surface area contributed by atoms with Gasteiger partial charge in [0.15, 0.2) is 0 Å². The molecule has 0 N–H and O–H groups in total. The van der Waals surface area contributed by atoms with Crippen LogP contribution in [0.5, 0.6) is 0 Å². The third kappa shape index (κ3) is 2.81. The normalized spacial score (nSPS) is 10.8. The summed E-state index contributed by atoms with van der Waals surface area (Å²) in [5, 5.41) is 1.94. The lowest BCUT2D eigenvalue weighted by Gasteiger charge is -2.07. The van der Waals surface area contributed by atoms with Gasteiger partial charge in [-0.3, -0.25) is 9.36 Å². The smallest absolute Gasteiger partial charge is 0.300 e. The Balaban J connectivity index is 2.40. The molecule has 0 bridgehead atoms. The summed E-state index contributed by atoms with van der Waals surface area (Å²) in [4.78, 5) is 24.8. The SMILES string of the molecule is CCCn1ccc(=O)n(Cc2cc(Br)cs2)c1=O. The maximum Gasteiger partial charge on any atom is 0.331 e. The van der Waals surface area contributed by atoms with Gasteiger partial charge in [-0.25, -0.2) is 4.79 Å². The van der Waals surface area contributed by atoms with E-state index in [1.54, 1.807) is 10.8 Å². The Morgan fingerprint density at radius 1 is 1.39 bits per heavy atom. The molecule has 2 aromatic heterocycles. The van der Waals surface area contributed by atoms with Crippen molar-refractivity contribution in [1.29, 1.82) is 0 Å². The van der Waals surface area contributed by atoms with Crippen LogP contribution in [0.25, 0.3) is 0 Å². The van der Waals surface area contributed by atoms with Crippen LogP contribution in [0, 0.1) is 0 Å². The Hall–Kier alpha value is -1.14. The first kappa shape index (κ1) is 13.3. The first-order valence-corrected chi connectivity index (χ1v) is 7.32. The highest BCUT2D eigenvalue weighted by Crippen LogP contribution is 2.19. The molecule has 0 radical (unpaired) electrons. The molecule has 0 aliphatic carbocycles. The van der Waals surface area contributed by atoms with Gasteiger partial charge in [-0.2, -0.15) is 0 Å². The second-order valence-electron chi connectivity index (χ2n) is 3.95. The molecule has 0 aromatic carbocycles. The molecule has 0 saturated heterocycles. The molecule has 4 nitrogen and oxygen atoms in total. The zero-order chi connectivity index (χ0) is 13.1. The van der Waals surface area contributed by atoms with Gasteiger partial charge in [0.1, 0.15) is 0 Å². The summed E-state index contributed by atoms with van der Waals surface area (Å²) in [5.74, 6) is 0. The minimum absolute atomic E-state index is 0.242. The van der Waals surface area contributed by atoms with Crippen molar-refractivity contribution in [2.45, 2.75) is 26.4 Å². The molecular weight excluding hydrogens is 316 g/mol. The van der Waals surface area contributed by atoms with Crippen molar-refractivity contribution < 1.29 is 0 Å². The van der Waals surface area contributed by atoms with Crippen LogP contribution in [0.1, 0.15) is 18.2 Å². The minimum atomic E-state index is -0.253. The molecule has 0 unspecified atom stereocenters. The fourth-order valence-corrected chi connectivity index (χ4v) is 3.14. The monoisotopic (exact) mass is 328 g/mol. The Kier molecular flexibility index (Phi) is 4.19. The third-order valence-corrected chi connectivity index (χ3v) is 4.22. The van der Waals surface area contributed by atoms with E-state index in [1.165, 1.54) is 22.0 Å². The number of hydrogen-bond donors (Lipinski definition) is 0. The summed E-state index contributed by atoms with van der Waals surface area (Å²) in [5.41, 5.74) is -0.495. The van der Waals surface area contributed by atoms with E-state index in [1.807, 2.05) is 18.4 Å². The number of rotatable bonds is 4. The third-order valence-electron chi connectivity index (χ3n) is 2.54. The maximum absolute atomic E-state index is 12.1. The Bertz CT molecular complexity index is 657. The van der Waals surface area contributed by atoms with Crippen LogP contribution in [0.15, 0.2) is 37.8 Å². The van der Waals surface area contributed by atoms with Crippen LogP contribution in [0.2, 0.25) is 0 Å². The molecule has 2 aromatic rings. The molecule has 6 heteroatoms. The fraction of sp³-hybridized carbons (Fsp3) is 0.333. The summed E-state index contributed by atoms with van der Waals surface area (Å²) >= 11 is 4.89. The standard InChI is InChI=1S/C12H13BrN2O2S/c1-2-4-14-5-3-11(16)15(12(14)17)7-10-6-9(13)8-18-10/h3,5-6,8H,2,4,7H2,1H3. The Morgan fingerprint density at radius 2 is 2.17 bits per heavy atom. The van der Waals surface area contributed by atoms with E-state index in [-0.39, 0.29) is 11.2 Å². The molecule has 0 aliphatic heterocycles. The van der Waals surface area contributed by atoms with Gasteiger partial charge in [0.25, 0.3) is 5.56 Å². The van der Waals surface area contributed by atoms with E-state index in [4.69, 9.17) is 0 Å². The van der Waals surface area contributed by atoms with Crippen LogP contribution in [-0.2, 0) is 13.1 Å². The van der Waals surface area contributed by atoms with Crippen LogP contribution in [0.3, 0.4) is 0 Å². The lowest BCUT2D eigenvalue weighted by Crippen LogP contribution is -2.39. The number of aromatic nitrogens is 2. The highest BCUT2D eigenvalue weighted by molar-refractivity contribution is 9.10. The van der Waals surface area contributed by atoms with E-state index < -0.39 is 0 Å². The van der Waals surface area contributed by atoms with Crippen molar-refractivity contribution in [3.05, 3.63) is 53.9 Å². The van der Waals surface area contributed by atoms with Crippen molar-refractivity contribution >= 4 is 27.3 Å². The highest BCUT2D eigenvalue weighted by atomic mass is 79.9. The van der Waals surface area contributed by atoms with Gasteiger partial charge >= 0.3 is 5.69 Å². The molecule has 96 valence electrons. The Labute approximate surface area is 117 Å². The molecule has 0 spiro atoms. The summed E-state index contributed by atoms with van der Waals surface area (Å²) in [6.45, 7) is 2.96. The van der Waals surface area contributed by atoms with Gasteiger partial charge in [-0.1, -0.05) is 6.92 Å². The molecule has 2 rings (SSSR count). The quantitative estimate of drug-likeness (QED) is 0.864. The van der Waals surface area contributed by atoms with Gasteiger partial charge in [0.2, 0.25) is 0 Å². The second-order valence-corrected chi connectivity index (χ2v) is 5.86.